The number of carbonyl (C=O) groups excluding carboxylic acids is 1. The molecule has 6 radical (unpaired) electrons. The Bertz CT molecular complexity index is 1380. The fourth-order valence-electron chi connectivity index (χ4n) is 3.35. The molecule has 1 fully saturated rings. The molecule has 0 aromatic carbocycles. The van der Waals surface area contributed by atoms with Gasteiger partial charge in [-0.05, 0) is 37.5 Å². The molecule has 0 spiro atoms. The predicted octanol–water partition coefficient (Wildman–Crippen LogP) is 1.62. The van der Waals surface area contributed by atoms with Crippen molar-refractivity contribution in [3.05, 3.63) is 42.4 Å². The number of amides is 1. The summed E-state index contributed by atoms with van der Waals surface area (Å²) < 4.78 is 15.8. The van der Waals surface area contributed by atoms with Gasteiger partial charge < -0.3 is 10.6 Å². The Balaban J connectivity index is 1.65. The Morgan fingerprint density at radius 3 is 2.69 bits per heavy atom. The molecule has 8 nitrogen and oxygen atoms in total. The molecule has 0 bridgehead atoms. The highest BCUT2D eigenvalue weighted by Gasteiger charge is 2.51. The minimum Gasteiger partial charge on any atom is -0.389 e. The number of pyridine rings is 3. The molecule has 4 aromatic heterocycles. The molecule has 1 aliphatic carbocycles. The monoisotopic (exact) mass is 421 g/mol. The summed E-state index contributed by atoms with van der Waals surface area (Å²) in [7, 11) is 17.0. The first-order chi connectivity index (χ1) is 15.1. The second-order valence-electron chi connectivity index (χ2n) is 8.06. The van der Waals surface area contributed by atoms with Crippen molar-refractivity contribution in [2.45, 2.75) is 30.7 Å². The van der Waals surface area contributed by atoms with Crippen molar-refractivity contribution in [1.82, 2.24) is 24.6 Å². The number of aromatic nitrogens is 5. The fraction of sp³-hybridized carbons (Fsp3) is 0.250. The van der Waals surface area contributed by atoms with Crippen molar-refractivity contribution in [1.29, 1.82) is 0 Å². The number of hydrogen-bond donors (Lipinski definition) is 2. The standard InChI is InChI=1S/C20H15B3FN7O/c1-10-2-3-15-28-17(30-31(15)9-10)13-8-26-16(29-20(21,22)23)12-7-25-14(6-11(12)13)27-18(32)19(24)4-5-19/h2-3,6-9H,4-5H2,1H3,(H,26,29)(H,25,27,32). The van der Waals surface area contributed by atoms with Gasteiger partial charge in [0.05, 0.1) is 23.5 Å². The zero-order valence-electron chi connectivity index (χ0n) is 17.1. The van der Waals surface area contributed by atoms with Crippen LogP contribution in [0, 0.1) is 6.92 Å². The summed E-state index contributed by atoms with van der Waals surface area (Å²) in [5, 5.41) is 9.18. The van der Waals surface area contributed by atoms with E-state index in [-0.39, 0.29) is 24.5 Å². The second-order valence-corrected chi connectivity index (χ2v) is 8.06. The van der Waals surface area contributed by atoms with Crippen LogP contribution in [0.25, 0.3) is 27.8 Å². The minimum atomic E-state index is -1.83. The predicted molar refractivity (Wildman–Crippen MR) is 122 cm³/mol. The van der Waals surface area contributed by atoms with Crippen molar-refractivity contribution in [3.63, 3.8) is 0 Å². The van der Waals surface area contributed by atoms with Crippen molar-refractivity contribution in [2.75, 3.05) is 10.6 Å². The molecule has 1 aliphatic rings. The number of hydrogen-bond acceptors (Lipinski definition) is 6. The number of nitrogens with zero attached hydrogens (tertiary/aromatic N) is 5. The van der Waals surface area contributed by atoms with Crippen LogP contribution in [0.5, 0.6) is 0 Å². The highest BCUT2D eigenvalue weighted by Crippen LogP contribution is 2.41. The first-order valence-electron chi connectivity index (χ1n) is 9.89. The van der Waals surface area contributed by atoms with Gasteiger partial charge in [0.25, 0.3) is 5.91 Å². The molecule has 152 valence electrons. The van der Waals surface area contributed by atoms with Crippen LogP contribution in [0.4, 0.5) is 16.0 Å². The van der Waals surface area contributed by atoms with Crippen LogP contribution >= 0.6 is 0 Å². The molecular weight excluding hydrogens is 406 g/mol. The lowest BCUT2D eigenvalue weighted by atomic mass is 9.49. The number of rotatable bonds is 5. The Kier molecular flexibility index (Phi) is 4.51. The summed E-state index contributed by atoms with van der Waals surface area (Å²) in [5.41, 5.74) is 0.421. The van der Waals surface area contributed by atoms with E-state index in [4.69, 9.17) is 23.5 Å². The molecule has 32 heavy (non-hydrogen) atoms. The Morgan fingerprint density at radius 2 is 1.97 bits per heavy atom. The van der Waals surface area contributed by atoms with Crippen molar-refractivity contribution in [2.24, 2.45) is 0 Å². The summed E-state index contributed by atoms with van der Waals surface area (Å²) in [6, 6.07) is 5.39. The van der Waals surface area contributed by atoms with E-state index in [1.807, 2.05) is 25.3 Å². The molecule has 2 N–H and O–H groups in total. The molecule has 0 saturated heterocycles. The smallest absolute Gasteiger partial charge is 0.263 e. The summed E-state index contributed by atoms with van der Waals surface area (Å²) >= 11 is 0. The molecule has 1 saturated carbocycles. The number of nitrogens with one attached hydrogen (secondary N) is 2. The van der Waals surface area contributed by atoms with Crippen LogP contribution in [-0.4, -0.2) is 64.9 Å². The quantitative estimate of drug-likeness (QED) is 0.476. The normalized spacial score (nSPS) is 15.1. The lowest BCUT2D eigenvalue weighted by molar-refractivity contribution is -0.122. The maximum Gasteiger partial charge on any atom is 0.263 e. The van der Waals surface area contributed by atoms with E-state index in [1.54, 1.807) is 16.8 Å². The number of halogens is 1. The number of alkyl halides is 1. The minimum absolute atomic E-state index is 0.184. The van der Waals surface area contributed by atoms with Gasteiger partial charge in [-0.15, -0.1) is 5.10 Å². The van der Waals surface area contributed by atoms with Gasteiger partial charge in [-0.1, -0.05) is 11.3 Å². The van der Waals surface area contributed by atoms with E-state index in [9.17, 15) is 9.18 Å². The molecule has 4 heterocycles. The van der Waals surface area contributed by atoms with Crippen LogP contribution in [0.1, 0.15) is 18.4 Å². The van der Waals surface area contributed by atoms with Gasteiger partial charge in [0.1, 0.15) is 11.6 Å². The molecular formula is C20H15B3FN7O. The van der Waals surface area contributed by atoms with Gasteiger partial charge in [-0.3, -0.25) is 4.79 Å². The highest BCUT2D eigenvalue weighted by atomic mass is 19.1. The van der Waals surface area contributed by atoms with Crippen molar-refractivity contribution in [3.8, 4) is 11.4 Å². The van der Waals surface area contributed by atoms with Gasteiger partial charge >= 0.3 is 0 Å². The van der Waals surface area contributed by atoms with Crippen LogP contribution in [0.2, 0.25) is 0 Å². The summed E-state index contributed by atoms with van der Waals surface area (Å²) in [4.78, 5) is 25.3. The van der Waals surface area contributed by atoms with E-state index < -0.39 is 16.8 Å². The third kappa shape index (κ3) is 3.81. The Morgan fingerprint density at radius 1 is 1.19 bits per heavy atom. The molecule has 12 heteroatoms. The Hall–Kier alpha value is -3.43. The molecule has 1 amide bonds. The molecule has 5 rings (SSSR count). The third-order valence-electron chi connectivity index (χ3n) is 5.16. The Labute approximate surface area is 186 Å². The van der Waals surface area contributed by atoms with Gasteiger partial charge in [-0.25, -0.2) is 23.9 Å². The van der Waals surface area contributed by atoms with Crippen molar-refractivity contribution >= 4 is 57.5 Å². The van der Waals surface area contributed by atoms with Crippen LogP contribution in [0.3, 0.4) is 0 Å². The summed E-state index contributed by atoms with van der Waals surface area (Å²) in [6.45, 7) is 1.95. The van der Waals surface area contributed by atoms with E-state index in [0.29, 0.717) is 27.8 Å². The maximum atomic E-state index is 14.1. The number of anilines is 2. The topological polar surface area (TPSA) is 97.1 Å². The lowest BCUT2D eigenvalue weighted by Crippen LogP contribution is -2.40. The van der Waals surface area contributed by atoms with Gasteiger partial charge in [0.15, 0.2) is 17.1 Å². The van der Waals surface area contributed by atoms with E-state index >= 15 is 0 Å². The largest absolute Gasteiger partial charge is 0.389 e. The average molecular weight is 421 g/mol. The first-order valence-corrected chi connectivity index (χ1v) is 9.89. The maximum absolute atomic E-state index is 14.1. The molecule has 4 aromatic rings. The van der Waals surface area contributed by atoms with Crippen LogP contribution in [0.15, 0.2) is 36.8 Å². The summed E-state index contributed by atoms with van der Waals surface area (Å²) in [6.07, 6.45) is 5.26. The number of aryl methyl sites for hydroxylation is 1. The van der Waals surface area contributed by atoms with E-state index in [1.165, 1.54) is 6.20 Å². The van der Waals surface area contributed by atoms with Gasteiger partial charge in [0.2, 0.25) is 0 Å². The zero-order valence-corrected chi connectivity index (χ0v) is 17.1. The van der Waals surface area contributed by atoms with Crippen LogP contribution in [-0.2, 0) is 4.79 Å². The highest BCUT2D eigenvalue weighted by molar-refractivity contribution is 6.60. The first kappa shape index (κ1) is 20.5. The number of carbonyl (C=O) groups is 1. The SMILES string of the molecule is [B]C([B])([B])Nc1ncc(-c2nc3ccc(C)cn3n2)c2cc(NC(=O)C3(F)CC3)ncc12. The van der Waals surface area contributed by atoms with E-state index in [0.717, 1.165) is 5.56 Å². The van der Waals surface area contributed by atoms with E-state index in [2.05, 4.69) is 30.7 Å². The van der Waals surface area contributed by atoms with Gasteiger partial charge in [-0.2, -0.15) is 0 Å². The zero-order chi connectivity index (χ0) is 22.7. The third-order valence-corrected chi connectivity index (χ3v) is 5.16. The second kappa shape index (κ2) is 7.05. The van der Waals surface area contributed by atoms with Crippen molar-refractivity contribution < 1.29 is 9.18 Å². The molecule has 0 aliphatic heterocycles. The van der Waals surface area contributed by atoms with Gasteiger partial charge in [0, 0.05) is 34.9 Å². The summed E-state index contributed by atoms with van der Waals surface area (Å²) in [5.74, 6) is 0.158. The molecule has 0 unspecified atom stereocenters. The lowest BCUT2D eigenvalue weighted by Gasteiger charge is -2.24. The van der Waals surface area contributed by atoms with Crippen LogP contribution < -0.4 is 10.6 Å². The molecule has 0 atom stereocenters. The average Bonchev–Trinajstić information content (AvgIpc) is 3.34. The fourth-order valence-corrected chi connectivity index (χ4v) is 3.35. The number of fused-ring (bicyclic) bond motifs is 2.